The summed E-state index contributed by atoms with van der Waals surface area (Å²) in [7, 11) is -2.09. The molecule has 0 fully saturated rings. The molecule has 0 amide bonds. The summed E-state index contributed by atoms with van der Waals surface area (Å²) in [6.07, 6.45) is 0. The van der Waals surface area contributed by atoms with E-state index in [1.807, 2.05) is 0 Å². The number of nitrogens with zero attached hydrogens (tertiary/aromatic N) is 3. The van der Waals surface area contributed by atoms with Gasteiger partial charge in [0.1, 0.15) is 0 Å². The Labute approximate surface area is 96.5 Å². The molecule has 0 unspecified atom stereocenters. The van der Waals surface area contributed by atoms with Crippen molar-refractivity contribution in [3.8, 4) is 0 Å². The quantitative estimate of drug-likeness (QED) is 0.817. The van der Waals surface area contributed by atoms with Crippen molar-refractivity contribution < 1.29 is 8.42 Å². The zero-order chi connectivity index (χ0) is 11.6. The molecule has 8 heteroatoms. The van der Waals surface area contributed by atoms with Crippen LogP contribution in [0.5, 0.6) is 0 Å². The van der Waals surface area contributed by atoms with E-state index in [1.165, 1.54) is 11.7 Å². The maximum atomic E-state index is 11.8. The number of sulfonamides is 1. The van der Waals surface area contributed by atoms with Gasteiger partial charge >= 0.3 is 0 Å². The summed E-state index contributed by atoms with van der Waals surface area (Å²) in [4.78, 5) is 0. The molecular formula is C7H11BrN4O2S. The van der Waals surface area contributed by atoms with Crippen LogP contribution in [0.4, 0.5) is 0 Å². The Morgan fingerprint density at radius 2 is 2.27 bits per heavy atom. The minimum Gasteiger partial charge on any atom is -0.235 e. The van der Waals surface area contributed by atoms with Crippen LogP contribution in [0.3, 0.4) is 0 Å². The summed E-state index contributed by atoms with van der Waals surface area (Å²) in [6.45, 7) is 5.54. The first kappa shape index (κ1) is 12.3. The molecule has 1 aromatic rings. The third kappa shape index (κ3) is 2.86. The average Bonchev–Trinajstić information content (AvgIpc) is 2.43. The largest absolute Gasteiger partial charge is 0.260 e. The fourth-order valence-electron chi connectivity index (χ4n) is 0.895. The number of hydrogen-bond acceptors (Lipinski definition) is 4. The van der Waals surface area contributed by atoms with Crippen molar-refractivity contribution in [3.05, 3.63) is 16.8 Å². The lowest BCUT2D eigenvalue weighted by molar-refractivity contribution is 0.563. The Kier molecular flexibility index (Phi) is 3.63. The summed E-state index contributed by atoms with van der Waals surface area (Å²) in [6, 6.07) is 0. The highest BCUT2D eigenvalue weighted by molar-refractivity contribution is 9.10. The maximum Gasteiger partial charge on any atom is 0.260 e. The van der Waals surface area contributed by atoms with E-state index in [-0.39, 0.29) is 16.2 Å². The van der Waals surface area contributed by atoms with E-state index in [4.69, 9.17) is 0 Å². The number of aryl methyl sites for hydroxylation is 1. The van der Waals surface area contributed by atoms with Crippen LogP contribution in [0.15, 0.2) is 21.8 Å². The topological polar surface area (TPSA) is 76.9 Å². The Bertz CT molecular complexity index is 460. The standard InChI is InChI=1S/C7H11BrN4O2S/c1-5(2)4-9-15(13,14)7-6(8)10-11-12(7)3/h9H,1,4H2,2-3H3. The van der Waals surface area contributed by atoms with Gasteiger partial charge in [-0.25, -0.2) is 17.8 Å². The minimum atomic E-state index is -3.59. The summed E-state index contributed by atoms with van der Waals surface area (Å²) < 4.78 is 27.3. The molecular weight excluding hydrogens is 284 g/mol. The van der Waals surface area contributed by atoms with Gasteiger partial charge in [-0.3, -0.25) is 0 Å². The summed E-state index contributed by atoms with van der Waals surface area (Å²) >= 11 is 3.02. The zero-order valence-electron chi connectivity index (χ0n) is 8.36. The molecule has 0 aliphatic carbocycles. The van der Waals surface area contributed by atoms with E-state index in [9.17, 15) is 8.42 Å². The van der Waals surface area contributed by atoms with Gasteiger partial charge < -0.3 is 0 Å². The third-order valence-electron chi connectivity index (χ3n) is 1.56. The zero-order valence-corrected chi connectivity index (χ0v) is 10.8. The number of rotatable bonds is 4. The number of halogens is 1. The molecule has 15 heavy (non-hydrogen) atoms. The van der Waals surface area contributed by atoms with Gasteiger partial charge in [0, 0.05) is 13.6 Å². The van der Waals surface area contributed by atoms with Crippen molar-refractivity contribution in [3.63, 3.8) is 0 Å². The van der Waals surface area contributed by atoms with E-state index in [0.29, 0.717) is 0 Å². The molecule has 0 spiro atoms. The van der Waals surface area contributed by atoms with Crippen molar-refractivity contribution in [1.82, 2.24) is 19.7 Å². The summed E-state index contributed by atoms with van der Waals surface area (Å²) in [5, 5.41) is 7.19. The van der Waals surface area contributed by atoms with Crippen molar-refractivity contribution in [2.75, 3.05) is 6.54 Å². The molecule has 0 aliphatic heterocycles. The van der Waals surface area contributed by atoms with Crippen molar-refractivity contribution in [2.45, 2.75) is 11.9 Å². The first-order valence-corrected chi connectivity index (χ1v) is 6.31. The Hall–Kier alpha value is -0.730. The van der Waals surface area contributed by atoms with E-state index in [1.54, 1.807) is 6.92 Å². The molecule has 0 saturated carbocycles. The monoisotopic (exact) mass is 294 g/mol. The minimum absolute atomic E-state index is 0.00347. The highest BCUT2D eigenvalue weighted by atomic mass is 79.9. The molecule has 0 atom stereocenters. The first-order chi connectivity index (χ1) is 6.84. The molecule has 1 N–H and O–H groups in total. The van der Waals surface area contributed by atoms with Gasteiger partial charge in [0.2, 0.25) is 5.03 Å². The van der Waals surface area contributed by atoms with E-state index in [2.05, 4.69) is 37.5 Å². The molecule has 1 aromatic heterocycles. The van der Waals surface area contributed by atoms with Crippen LogP contribution in [-0.2, 0) is 17.1 Å². The van der Waals surface area contributed by atoms with E-state index in [0.717, 1.165) is 5.57 Å². The lowest BCUT2D eigenvalue weighted by atomic mass is 10.4. The first-order valence-electron chi connectivity index (χ1n) is 4.04. The van der Waals surface area contributed by atoms with Crippen LogP contribution in [0.1, 0.15) is 6.92 Å². The Morgan fingerprint density at radius 1 is 1.67 bits per heavy atom. The van der Waals surface area contributed by atoms with Crippen LogP contribution in [0, 0.1) is 0 Å². The van der Waals surface area contributed by atoms with Crippen molar-refractivity contribution in [1.29, 1.82) is 0 Å². The maximum absolute atomic E-state index is 11.8. The van der Waals surface area contributed by atoms with E-state index >= 15 is 0 Å². The number of aromatic nitrogens is 3. The highest BCUT2D eigenvalue weighted by Gasteiger charge is 2.23. The highest BCUT2D eigenvalue weighted by Crippen LogP contribution is 2.17. The molecule has 0 bridgehead atoms. The van der Waals surface area contributed by atoms with Gasteiger partial charge in [-0.15, -0.1) is 5.10 Å². The van der Waals surface area contributed by atoms with Gasteiger partial charge in [0.05, 0.1) is 0 Å². The van der Waals surface area contributed by atoms with Crippen LogP contribution in [-0.4, -0.2) is 30.0 Å². The molecule has 6 nitrogen and oxygen atoms in total. The predicted octanol–water partition coefficient (Wildman–Crippen LogP) is 0.432. The molecule has 1 rings (SSSR count). The lowest BCUT2D eigenvalue weighted by Gasteiger charge is -2.05. The van der Waals surface area contributed by atoms with Gasteiger partial charge in [0.25, 0.3) is 10.0 Å². The normalized spacial score (nSPS) is 11.7. The molecule has 0 radical (unpaired) electrons. The van der Waals surface area contributed by atoms with Crippen molar-refractivity contribution >= 4 is 26.0 Å². The van der Waals surface area contributed by atoms with Gasteiger partial charge in [-0.1, -0.05) is 17.4 Å². The SMILES string of the molecule is C=C(C)CNS(=O)(=O)c1c(Br)nnn1C. The smallest absolute Gasteiger partial charge is 0.235 e. The third-order valence-corrected chi connectivity index (χ3v) is 3.84. The number of nitrogens with one attached hydrogen (secondary N) is 1. The van der Waals surface area contributed by atoms with Crippen LogP contribution in [0.2, 0.25) is 0 Å². The lowest BCUT2D eigenvalue weighted by Crippen LogP contribution is -2.27. The van der Waals surface area contributed by atoms with Crippen molar-refractivity contribution in [2.24, 2.45) is 7.05 Å². The summed E-state index contributed by atoms with van der Waals surface area (Å²) in [5.74, 6) is 0. The van der Waals surface area contributed by atoms with Gasteiger partial charge in [-0.2, -0.15) is 0 Å². The molecule has 0 aliphatic rings. The fraction of sp³-hybridized carbons (Fsp3) is 0.429. The Morgan fingerprint density at radius 3 is 2.67 bits per heavy atom. The molecule has 0 aromatic carbocycles. The van der Waals surface area contributed by atoms with Crippen LogP contribution >= 0.6 is 15.9 Å². The molecule has 1 heterocycles. The van der Waals surface area contributed by atoms with Gasteiger partial charge in [0.15, 0.2) is 4.60 Å². The van der Waals surface area contributed by atoms with Crippen LogP contribution in [0.25, 0.3) is 0 Å². The van der Waals surface area contributed by atoms with Crippen LogP contribution < -0.4 is 4.72 Å². The Balaban J connectivity index is 3.01. The summed E-state index contributed by atoms with van der Waals surface area (Å²) in [5.41, 5.74) is 0.727. The second-order valence-corrected chi connectivity index (χ2v) is 5.52. The fourth-order valence-corrected chi connectivity index (χ4v) is 3.08. The number of hydrogen-bond donors (Lipinski definition) is 1. The van der Waals surface area contributed by atoms with Gasteiger partial charge in [-0.05, 0) is 22.9 Å². The molecule has 84 valence electrons. The average molecular weight is 295 g/mol. The second-order valence-electron chi connectivity index (χ2n) is 3.09. The molecule has 0 saturated heterocycles. The van der Waals surface area contributed by atoms with E-state index < -0.39 is 10.0 Å². The predicted molar refractivity (Wildman–Crippen MR) is 58.7 cm³/mol. The second kappa shape index (κ2) is 4.42.